The van der Waals surface area contributed by atoms with Crippen LogP contribution in [0.3, 0.4) is 0 Å². The number of anilines is 1. The first-order valence-electron chi connectivity index (χ1n) is 5.70. The fourth-order valence-corrected chi connectivity index (χ4v) is 3.04. The van der Waals surface area contributed by atoms with Crippen molar-refractivity contribution in [3.63, 3.8) is 0 Å². The van der Waals surface area contributed by atoms with Crippen molar-refractivity contribution in [1.29, 1.82) is 0 Å². The van der Waals surface area contributed by atoms with Crippen molar-refractivity contribution in [2.75, 3.05) is 12.4 Å². The van der Waals surface area contributed by atoms with Crippen LogP contribution >= 0.6 is 35.0 Å². The molecule has 0 aliphatic rings. The van der Waals surface area contributed by atoms with E-state index >= 15 is 0 Å². The Kier molecular flexibility index (Phi) is 3.69. The third-order valence-electron chi connectivity index (χ3n) is 2.60. The molecule has 0 radical (unpaired) electrons. The molecule has 8 heteroatoms. The minimum Gasteiger partial charge on any atom is -0.372 e. The zero-order chi connectivity index (χ0) is 14.1. The van der Waals surface area contributed by atoms with Crippen LogP contribution in [0.15, 0.2) is 40.6 Å². The molecule has 20 heavy (non-hydrogen) atoms. The molecule has 0 fully saturated rings. The van der Waals surface area contributed by atoms with Crippen LogP contribution in [-0.4, -0.2) is 26.6 Å². The average Bonchev–Trinajstić information content (AvgIpc) is 2.85. The predicted molar refractivity (Wildman–Crippen MR) is 80.9 cm³/mol. The molecule has 5 nitrogen and oxygen atoms in total. The molecule has 0 unspecified atom stereocenters. The van der Waals surface area contributed by atoms with E-state index in [0.717, 1.165) is 5.65 Å². The topological polar surface area (TPSA) is 55.1 Å². The third kappa shape index (κ3) is 2.42. The number of rotatable bonds is 3. The van der Waals surface area contributed by atoms with Gasteiger partial charge < -0.3 is 5.32 Å². The van der Waals surface area contributed by atoms with Gasteiger partial charge in [0.05, 0.1) is 10.0 Å². The molecule has 0 aliphatic carbocycles. The van der Waals surface area contributed by atoms with E-state index in [9.17, 15) is 0 Å². The van der Waals surface area contributed by atoms with Gasteiger partial charge in [-0.2, -0.15) is 0 Å². The summed E-state index contributed by atoms with van der Waals surface area (Å²) in [5.74, 6) is 0.576. The van der Waals surface area contributed by atoms with Crippen LogP contribution in [0.1, 0.15) is 0 Å². The number of hydrogen-bond donors (Lipinski definition) is 1. The van der Waals surface area contributed by atoms with Crippen molar-refractivity contribution in [2.24, 2.45) is 0 Å². The van der Waals surface area contributed by atoms with Crippen molar-refractivity contribution >= 4 is 46.4 Å². The molecular weight excluding hydrogens is 317 g/mol. The van der Waals surface area contributed by atoms with Gasteiger partial charge in [0.25, 0.3) is 0 Å². The molecule has 3 aromatic heterocycles. The normalized spacial score (nSPS) is 10.9. The molecule has 0 saturated heterocycles. The number of pyridine rings is 2. The lowest BCUT2D eigenvalue weighted by molar-refractivity contribution is 0.917. The van der Waals surface area contributed by atoms with Crippen LogP contribution in [0.4, 0.5) is 5.82 Å². The summed E-state index contributed by atoms with van der Waals surface area (Å²) < 4.78 is 1.87. The van der Waals surface area contributed by atoms with E-state index in [1.165, 1.54) is 11.8 Å². The Morgan fingerprint density at radius 3 is 2.85 bits per heavy atom. The van der Waals surface area contributed by atoms with Crippen LogP contribution in [0, 0.1) is 0 Å². The van der Waals surface area contributed by atoms with Crippen LogP contribution in [0.2, 0.25) is 10.0 Å². The van der Waals surface area contributed by atoms with Crippen LogP contribution < -0.4 is 5.32 Å². The smallest absolute Gasteiger partial charge is 0.201 e. The fraction of sp³-hybridized carbons (Fsp3) is 0.0833. The summed E-state index contributed by atoms with van der Waals surface area (Å²) in [5.41, 5.74) is 0.772. The van der Waals surface area contributed by atoms with E-state index in [0.29, 0.717) is 26.0 Å². The van der Waals surface area contributed by atoms with E-state index in [1.807, 2.05) is 28.8 Å². The molecule has 3 heterocycles. The first-order chi connectivity index (χ1) is 9.69. The zero-order valence-corrected chi connectivity index (χ0v) is 12.7. The molecule has 0 aromatic carbocycles. The standard InChI is InChI=1S/C12H9Cl2N5S/c1-15-10-7(13)6-8(14)11(16-10)20-12-18-17-9-4-2-3-5-19(9)12/h2-6H,1H3,(H,15,16). The number of halogens is 2. The van der Waals surface area contributed by atoms with Crippen molar-refractivity contribution in [2.45, 2.75) is 10.2 Å². The molecule has 0 aliphatic heterocycles. The second kappa shape index (κ2) is 5.47. The fourth-order valence-electron chi connectivity index (χ4n) is 1.67. The minimum absolute atomic E-state index is 0.478. The number of nitrogens with one attached hydrogen (secondary N) is 1. The van der Waals surface area contributed by atoms with Crippen LogP contribution in [-0.2, 0) is 0 Å². The van der Waals surface area contributed by atoms with E-state index in [2.05, 4.69) is 20.5 Å². The highest BCUT2D eigenvalue weighted by Crippen LogP contribution is 2.34. The highest BCUT2D eigenvalue weighted by molar-refractivity contribution is 7.99. The van der Waals surface area contributed by atoms with Gasteiger partial charge in [0, 0.05) is 13.2 Å². The van der Waals surface area contributed by atoms with Gasteiger partial charge in [-0.15, -0.1) is 10.2 Å². The predicted octanol–water partition coefficient (Wildman–Crippen LogP) is 3.62. The maximum atomic E-state index is 6.17. The summed E-state index contributed by atoms with van der Waals surface area (Å²) in [6, 6.07) is 7.36. The Hall–Kier alpha value is -1.50. The average molecular weight is 326 g/mol. The Bertz CT molecular complexity index is 774. The number of nitrogens with zero attached hydrogens (tertiary/aromatic N) is 4. The first kappa shape index (κ1) is 13.5. The van der Waals surface area contributed by atoms with Gasteiger partial charge in [0.2, 0.25) is 5.16 Å². The molecule has 0 bridgehead atoms. The highest BCUT2D eigenvalue weighted by Gasteiger charge is 2.13. The lowest BCUT2D eigenvalue weighted by Gasteiger charge is -2.07. The summed E-state index contributed by atoms with van der Waals surface area (Å²) in [6.45, 7) is 0. The van der Waals surface area contributed by atoms with Crippen LogP contribution in [0.5, 0.6) is 0 Å². The first-order valence-corrected chi connectivity index (χ1v) is 7.27. The van der Waals surface area contributed by atoms with Gasteiger partial charge in [-0.05, 0) is 30.0 Å². The molecule has 3 rings (SSSR count). The van der Waals surface area contributed by atoms with E-state index < -0.39 is 0 Å². The number of fused-ring (bicyclic) bond motifs is 1. The van der Waals surface area contributed by atoms with Crippen molar-refractivity contribution in [3.05, 3.63) is 40.5 Å². The second-order valence-electron chi connectivity index (χ2n) is 3.87. The molecule has 3 aromatic rings. The maximum absolute atomic E-state index is 6.17. The highest BCUT2D eigenvalue weighted by atomic mass is 35.5. The minimum atomic E-state index is 0.478. The largest absolute Gasteiger partial charge is 0.372 e. The quantitative estimate of drug-likeness (QED) is 0.797. The molecule has 0 saturated carbocycles. The number of hydrogen-bond acceptors (Lipinski definition) is 5. The molecule has 0 spiro atoms. The van der Waals surface area contributed by atoms with E-state index in [1.54, 1.807) is 13.1 Å². The third-order valence-corrected chi connectivity index (χ3v) is 4.26. The van der Waals surface area contributed by atoms with Gasteiger partial charge >= 0.3 is 0 Å². The Morgan fingerprint density at radius 1 is 1.20 bits per heavy atom. The summed E-state index contributed by atoms with van der Waals surface area (Å²) in [6.07, 6.45) is 1.89. The Labute approximate surface area is 129 Å². The van der Waals surface area contributed by atoms with Crippen LogP contribution in [0.25, 0.3) is 5.65 Å². The Morgan fingerprint density at radius 2 is 2.05 bits per heavy atom. The molecular formula is C12H9Cl2N5S. The molecule has 1 N–H and O–H groups in total. The van der Waals surface area contributed by atoms with E-state index in [-0.39, 0.29) is 0 Å². The van der Waals surface area contributed by atoms with Gasteiger partial charge in [-0.25, -0.2) is 4.98 Å². The zero-order valence-electron chi connectivity index (χ0n) is 10.3. The Balaban J connectivity index is 2.03. The number of aromatic nitrogens is 4. The van der Waals surface area contributed by atoms with Gasteiger partial charge in [0.1, 0.15) is 10.8 Å². The molecule has 0 atom stereocenters. The second-order valence-corrected chi connectivity index (χ2v) is 5.64. The maximum Gasteiger partial charge on any atom is 0.201 e. The van der Waals surface area contributed by atoms with Gasteiger partial charge in [0.15, 0.2) is 5.65 Å². The van der Waals surface area contributed by atoms with Crippen molar-refractivity contribution in [1.82, 2.24) is 19.6 Å². The van der Waals surface area contributed by atoms with Crippen molar-refractivity contribution in [3.8, 4) is 0 Å². The van der Waals surface area contributed by atoms with Crippen molar-refractivity contribution < 1.29 is 0 Å². The molecule has 102 valence electrons. The van der Waals surface area contributed by atoms with Gasteiger partial charge in [-0.3, -0.25) is 4.40 Å². The lowest BCUT2D eigenvalue weighted by atomic mass is 10.4. The summed E-state index contributed by atoms with van der Waals surface area (Å²) >= 11 is 13.5. The monoisotopic (exact) mass is 325 g/mol. The summed E-state index contributed by atoms with van der Waals surface area (Å²) in [4.78, 5) is 4.38. The SMILES string of the molecule is CNc1nc(Sc2nnc3ccccn23)c(Cl)cc1Cl. The summed E-state index contributed by atoms with van der Waals surface area (Å²) in [5, 5.41) is 13.4. The summed E-state index contributed by atoms with van der Waals surface area (Å²) in [7, 11) is 1.75. The van der Waals surface area contributed by atoms with Gasteiger partial charge in [-0.1, -0.05) is 29.3 Å². The lowest BCUT2D eigenvalue weighted by Crippen LogP contribution is -1.96. The van der Waals surface area contributed by atoms with E-state index in [4.69, 9.17) is 23.2 Å². The molecule has 0 amide bonds.